The van der Waals surface area contributed by atoms with E-state index in [-0.39, 0.29) is 0 Å². The van der Waals surface area contributed by atoms with Crippen molar-refractivity contribution in [2.45, 2.75) is 18.8 Å². The van der Waals surface area contributed by atoms with Gasteiger partial charge in [0.1, 0.15) is 0 Å². The molecular formula is C21H17ClN4. The molecule has 0 amide bonds. The Kier molecular flexibility index (Phi) is 3.64. The molecular weight excluding hydrogens is 344 g/mol. The van der Waals surface area contributed by atoms with Gasteiger partial charge in [0.05, 0.1) is 16.9 Å². The van der Waals surface area contributed by atoms with Crippen molar-refractivity contribution in [3.8, 4) is 11.3 Å². The predicted octanol–water partition coefficient (Wildman–Crippen LogP) is 5.90. The van der Waals surface area contributed by atoms with E-state index in [9.17, 15) is 0 Å². The van der Waals surface area contributed by atoms with Gasteiger partial charge in [0.15, 0.2) is 5.82 Å². The molecule has 5 rings (SSSR count). The molecule has 0 spiro atoms. The van der Waals surface area contributed by atoms with Crippen LogP contribution < -0.4 is 5.32 Å². The molecule has 1 saturated carbocycles. The maximum atomic E-state index is 6.39. The summed E-state index contributed by atoms with van der Waals surface area (Å²) in [6, 6.07) is 20.0. The monoisotopic (exact) mass is 360 g/mol. The fraction of sp³-hybridized carbons (Fsp3) is 0.143. The highest BCUT2D eigenvalue weighted by molar-refractivity contribution is 6.33. The summed E-state index contributed by atoms with van der Waals surface area (Å²) in [5, 5.41) is 12.8. The number of rotatable bonds is 4. The number of para-hydroxylation sites is 1. The zero-order valence-electron chi connectivity index (χ0n) is 14.0. The van der Waals surface area contributed by atoms with Crippen LogP contribution >= 0.6 is 11.6 Å². The molecule has 2 N–H and O–H groups in total. The summed E-state index contributed by atoms with van der Waals surface area (Å²) in [6.45, 7) is 0. The van der Waals surface area contributed by atoms with E-state index >= 15 is 0 Å². The summed E-state index contributed by atoms with van der Waals surface area (Å²) in [4.78, 5) is 4.80. The first-order chi connectivity index (χ1) is 12.8. The van der Waals surface area contributed by atoms with E-state index in [0.29, 0.717) is 10.9 Å². The zero-order valence-corrected chi connectivity index (χ0v) is 14.8. The van der Waals surface area contributed by atoms with Gasteiger partial charge in [-0.3, -0.25) is 5.10 Å². The number of fused-ring (bicyclic) bond motifs is 1. The lowest BCUT2D eigenvalue weighted by Gasteiger charge is -2.11. The van der Waals surface area contributed by atoms with Gasteiger partial charge in [0.25, 0.3) is 0 Å². The Balaban J connectivity index is 1.61. The van der Waals surface area contributed by atoms with Gasteiger partial charge in [-0.05, 0) is 31.0 Å². The molecule has 1 aliphatic carbocycles. The quantitative estimate of drug-likeness (QED) is 0.476. The molecule has 1 aliphatic rings. The highest BCUT2D eigenvalue weighted by atomic mass is 35.5. The number of aromatic nitrogens is 3. The Morgan fingerprint density at radius 3 is 2.65 bits per heavy atom. The Morgan fingerprint density at radius 1 is 1.00 bits per heavy atom. The van der Waals surface area contributed by atoms with Crippen LogP contribution in [-0.2, 0) is 0 Å². The number of hydrogen-bond donors (Lipinski definition) is 2. The molecule has 0 radical (unpaired) electrons. The summed E-state index contributed by atoms with van der Waals surface area (Å²) in [7, 11) is 0. The summed E-state index contributed by atoms with van der Waals surface area (Å²) in [5.74, 6) is 1.47. The van der Waals surface area contributed by atoms with E-state index in [2.05, 4.69) is 27.6 Å². The van der Waals surface area contributed by atoms with E-state index in [1.54, 1.807) is 0 Å². The van der Waals surface area contributed by atoms with E-state index < -0.39 is 0 Å². The van der Waals surface area contributed by atoms with E-state index in [0.717, 1.165) is 33.7 Å². The topological polar surface area (TPSA) is 53.6 Å². The van der Waals surface area contributed by atoms with Gasteiger partial charge in [0, 0.05) is 33.7 Å². The largest absolute Gasteiger partial charge is 0.338 e. The lowest BCUT2D eigenvalue weighted by molar-refractivity contribution is 0.967. The Labute approximate surface area is 156 Å². The van der Waals surface area contributed by atoms with Crippen LogP contribution in [0.3, 0.4) is 0 Å². The average Bonchev–Trinajstić information content (AvgIpc) is 3.41. The van der Waals surface area contributed by atoms with Gasteiger partial charge < -0.3 is 5.32 Å². The molecule has 1 fully saturated rings. The van der Waals surface area contributed by atoms with Gasteiger partial charge in [-0.25, -0.2) is 4.98 Å². The first-order valence-electron chi connectivity index (χ1n) is 8.75. The van der Waals surface area contributed by atoms with Crippen LogP contribution in [0.4, 0.5) is 11.5 Å². The van der Waals surface area contributed by atoms with Gasteiger partial charge in [-0.1, -0.05) is 48.0 Å². The van der Waals surface area contributed by atoms with E-state index in [1.165, 1.54) is 18.5 Å². The van der Waals surface area contributed by atoms with Crippen LogP contribution in [0.2, 0.25) is 5.02 Å². The number of halogens is 1. The lowest BCUT2D eigenvalue weighted by Crippen LogP contribution is -1.95. The molecule has 0 aliphatic heterocycles. The average molecular weight is 361 g/mol. The van der Waals surface area contributed by atoms with Crippen molar-refractivity contribution in [2.75, 3.05) is 5.32 Å². The number of aromatic amines is 1. The molecule has 26 heavy (non-hydrogen) atoms. The van der Waals surface area contributed by atoms with Crippen molar-refractivity contribution in [3.05, 3.63) is 71.4 Å². The van der Waals surface area contributed by atoms with Gasteiger partial charge >= 0.3 is 0 Å². The number of benzene rings is 2. The lowest BCUT2D eigenvalue weighted by atomic mass is 10.1. The minimum Gasteiger partial charge on any atom is -0.338 e. The van der Waals surface area contributed by atoms with Gasteiger partial charge in [-0.2, -0.15) is 5.10 Å². The summed E-state index contributed by atoms with van der Waals surface area (Å²) < 4.78 is 0. The number of pyridine rings is 1. The molecule has 0 atom stereocenters. The molecule has 128 valence electrons. The standard InChI is InChI=1S/C21H17ClN4/c22-16-7-3-1-5-14(16)19-11-20(15-6-2-4-8-17(15)23-19)24-21-12-18(25-26-21)13-9-10-13/h1-8,11-13H,9-10H2,(H2,23,24,25,26). The molecule has 2 heterocycles. The van der Waals surface area contributed by atoms with Crippen molar-refractivity contribution in [2.24, 2.45) is 0 Å². The third-order valence-electron chi connectivity index (χ3n) is 4.74. The molecule has 4 nitrogen and oxygen atoms in total. The van der Waals surface area contributed by atoms with E-state index in [4.69, 9.17) is 16.6 Å². The molecule has 2 aromatic heterocycles. The fourth-order valence-corrected chi connectivity index (χ4v) is 3.46. The van der Waals surface area contributed by atoms with E-state index in [1.807, 2.05) is 48.5 Å². The van der Waals surface area contributed by atoms with Crippen LogP contribution in [0.5, 0.6) is 0 Å². The van der Waals surface area contributed by atoms with Crippen molar-refractivity contribution in [1.82, 2.24) is 15.2 Å². The van der Waals surface area contributed by atoms with Crippen molar-refractivity contribution >= 4 is 34.0 Å². The molecule has 2 aromatic carbocycles. The maximum absolute atomic E-state index is 6.39. The highest BCUT2D eigenvalue weighted by Gasteiger charge is 2.25. The molecule has 0 saturated heterocycles. The first kappa shape index (κ1) is 15.4. The Bertz CT molecular complexity index is 1100. The first-order valence-corrected chi connectivity index (χ1v) is 9.13. The summed E-state index contributed by atoms with van der Waals surface area (Å²) in [6.07, 6.45) is 2.49. The third-order valence-corrected chi connectivity index (χ3v) is 5.07. The van der Waals surface area contributed by atoms with Gasteiger partial charge in [-0.15, -0.1) is 0 Å². The second kappa shape index (κ2) is 6.15. The van der Waals surface area contributed by atoms with Crippen LogP contribution in [0.1, 0.15) is 24.5 Å². The van der Waals surface area contributed by atoms with Crippen molar-refractivity contribution in [3.63, 3.8) is 0 Å². The number of hydrogen-bond acceptors (Lipinski definition) is 3. The SMILES string of the molecule is Clc1ccccc1-c1cc(Nc2cc(C3CC3)[nH]n2)c2ccccc2n1. The maximum Gasteiger partial charge on any atom is 0.152 e. The molecule has 4 aromatic rings. The van der Waals surface area contributed by atoms with Crippen LogP contribution in [0, 0.1) is 0 Å². The minimum absolute atomic E-state index is 0.644. The summed E-state index contributed by atoms with van der Waals surface area (Å²) >= 11 is 6.39. The third kappa shape index (κ3) is 2.82. The zero-order chi connectivity index (χ0) is 17.5. The number of nitrogens with zero attached hydrogens (tertiary/aromatic N) is 2. The normalized spacial score (nSPS) is 13.9. The van der Waals surface area contributed by atoms with Gasteiger partial charge in [0.2, 0.25) is 0 Å². The predicted molar refractivity (Wildman–Crippen MR) is 106 cm³/mol. The molecule has 5 heteroatoms. The number of H-pyrrole nitrogens is 1. The molecule has 0 bridgehead atoms. The number of nitrogens with one attached hydrogen (secondary N) is 2. The Morgan fingerprint density at radius 2 is 1.81 bits per heavy atom. The van der Waals surface area contributed by atoms with Crippen LogP contribution in [0.25, 0.3) is 22.2 Å². The smallest absolute Gasteiger partial charge is 0.152 e. The van der Waals surface area contributed by atoms with Crippen molar-refractivity contribution < 1.29 is 0 Å². The highest BCUT2D eigenvalue weighted by Crippen LogP contribution is 2.40. The molecule has 0 unspecified atom stereocenters. The number of anilines is 2. The Hall–Kier alpha value is -2.85. The minimum atomic E-state index is 0.644. The second-order valence-electron chi connectivity index (χ2n) is 6.66. The van der Waals surface area contributed by atoms with Crippen LogP contribution in [0.15, 0.2) is 60.7 Å². The summed E-state index contributed by atoms with van der Waals surface area (Å²) in [5.41, 5.74) is 4.86. The van der Waals surface area contributed by atoms with Crippen molar-refractivity contribution in [1.29, 1.82) is 0 Å². The fourth-order valence-electron chi connectivity index (χ4n) is 3.23. The second-order valence-corrected chi connectivity index (χ2v) is 7.07. The van der Waals surface area contributed by atoms with Crippen LogP contribution in [-0.4, -0.2) is 15.2 Å².